The molecule has 1 aromatic carbocycles. The zero-order chi connectivity index (χ0) is 35.9. The molecule has 0 radical (unpaired) electrons. The zero-order valence-corrected chi connectivity index (χ0v) is 30.8. The molecule has 2 fully saturated rings. The number of hydrogen-bond acceptors (Lipinski definition) is 9. The highest BCUT2D eigenvalue weighted by Gasteiger charge is 2.64. The number of benzene rings is 1. The normalized spacial score (nSPS) is 33.9. The number of rotatable bonds is 4. The van der Waals surface area contributed by atoms with Gasteiger partial charge in [0.2, 0.25) is 5.91 Å². The number of epoxide rings is 1. The number of anilines is 1. The van der Waals surface area contributed by atoms with Gasteiger partial charge in [-0.3, -0.25) is 19.8 Å². The Bertz CT molecular complexity index is 1470. The maximum absolute atomic E-state index is 14.0. The fourth-order valence-electron chi connectivity index (χ4n) is 6.62. The van der Waals surface area contributed by atoms with E-state index >= 15 is 0 Å². The molecular weight excluding hydrogens is 638 g/mol. The van der Waals surface area contributed by atoms with E-state index in [0.29, 0.717) is 17.1 Å². The van der Waals surface area contributed by atoms with E-state index in [1.807, 2.05) is 71.7 Å². The standard InChI is InChI=1S/C36H52ClN3O8/c1-20-13-12-14-27(45-11)36(44)19-26(46-33(43)38-36)22(3)31-35(8,48-31)28(47-32(42)23(4)40(10)34(5,6)7)18-29(41)39(9)25-17-24(15-20)16-21(2)30(25)37/h12-14,16-17,22-23,26-28,31,44H,15,18-19H2,1-11H3,(H,38,43)/b14-12+,20-13+/t22-,23+,26+,27-,28+,31?,35+,36+/m1/s1. The largest absolute Gasteiger partial charge is 0.457 e. The minimum atomic E-state index is -1.77. The lowest BCUT2D eigenvalue weighted by Crippen LogP contribution is -2.63. The smallest absolute Gasteiger partial charge is 0.409 e. The van der Waals surface area contributed by atoms with Gasteiger partial charge in [-0.15, -0.1) is 0 Å². The number of likely N-dealkylation sites (N-methyl/N-ethyl adjacent to an activating group) is 1. The summed E-state index contributed by atoms with van der Waals surface area (Å²) in [5.74, 6) is -1.26. The number of aliphatic hydroxyl groups is 1. The molecule has 2 saturated heterocycles. The third-order valence-corrected chi connectivity index (χ3v) is 10.7. The summed E-state index contributed by atoms with van der Waals surface area (Å²) in [5, 5.41) is 14.7. The number of methoxy groups -OCH3 is 1. The van der Waals surface area contributed by atoms with Crippen LogP contribution in [0.2, 0.25) is 5.02 Å². The van der Waals surface area contributed by atoms with Crippen molar-refractivity contribution in [2.75, 3.05) is 26.1 Å². The van der Waals surface area contributed by atoms with Crippen molar-refractivity contribution in [2.24, 2.45) is 5.92 Å². The molecule has 48 heavy (non-hydrogen) atoms. The molecular formula is C36H52ClN3O8. The Morgan fingerprint density at radius 3 is 2.54 bits per heavy atom. The van der Waals surface area contributed by atoms with Crippen molar-refractivity contribution >= 4 is 35.3 Å². The summed E-state index contributed by atoms with van der Waals surface area (Å²) in [5.41, 5.74) is 0.131. The van der Waals surface area contributed by atoms with Crippen LogP contribution in [0.25, 0.3) is 0 Å². The lowest BCUT2D eigenvalue weighted by atomic mass is 9.83. The monoisotopic (exact) mass is 689 g/mol. The summed E-state index contributed by atoms with van der Waals surface area (Å²) >= 11 is 6.76. The molecule has 3 heterocycles. The summed E-state index contributed by atoms with van der Waals surface area (Å²) in [6.45, 7) is 15.3. The van der Waals surface area contributed by atoms with Crippen LogP contribution in [-0.2, 0) is 35.0 Å². The first-order chi connectivity index (χ1) is 22.2. The Morgan fingerprint density at radius 1 is 1.25 bits per heavy atom. The lowest BCUT2D eigenvalue weighted by Gasteiger charge is -2.42. The minimum Gasteiger partial charge on any atom is -0.457 e. The maximum atomic E-state index is 14.0. The number of hydrogen-bond donors (Lipinski definition) is 2. The second-order valence-electron chi connectivity index (χ2n) is 14.8. The number of amides is 2. The van der Waals surface area contributed by atoms with Crippen LogP contribution in [0.15, 0.2) is 35.9 Å². The molecule has 2 amide bonds. The SMILES string of the molecule is CO[C@@H]1/C=C/C=C(\C)Cc2cc(C)c(Cl)c(c2)N(C)C(=O)C[C@H](OC(=O)[C@H](C)N(C)C(C)(C)C)[C@]2(C)OC2[C@H](C)[C@@H]2C[C@@]1(O)NC(=O)O2. The number of carbonyl (C=O) groups excluding carboxylic acids is 3. The molecule has 3 aliphatic rings. The molecule has 12 heteroatoms. The van der Waals surface area contributed by atoms with Gasteiger partial charge in [0.25, 0.3) is 0 Å². The Balaban J connectivity index is 1.78. The van der Waals surface area contributed by atoms with Crippen LogP contribution in [0.4, 0.5) is 10.5 Å². The average Bonchev–Trinajstić information content (AvgIpc) is 3.69. The van der Waals surface area contributed by atoms with Crippen molar-refractivity contribution in [3.63, 3.8) is 0 Å². The molecule has 11 nitrogen and oxygen atoms in total. The molecule has 266 valence electrons. The molecule has 4 rings (SSSR count). The first-order valence-electron chi connectivity index (χ1n) is 16.5. The molecule has 4 bridgehead atoms. The Labute approximate surface area is 289 Å². The average molecular weight is 690 g/mol. The molecule has 8 atom stereocenters. The van der Waals surface area contributed by atoms with Crippen LogP contribution in [0.1, 0.15) is 72.4 Å². The number of halogens is 1. The first-order valence-corrected chi connectivity index (χ1v) is 16.8. The third kappa shape index (κ3) is 7.91. The van der Waals surface area contributed by atoms with E-state index in [2.05, 4.69) is 5.32 Å². The molecule has 0 aromatic heterocycles. The predicted octanol–water partition coefficient (Wildman–Crippen LogP) is 5.09. The van der Waals surface area contributed by atoms with E-state index in [1.54, 1.807) is 33.0 Å². The van der Waals surface area contributed by atoms with E-state index < -0.39 is 59.8 Å². The first kappa shape index (κ1) is 37.9. The Hall–Kier alpha value is -2.96. The number of esters is 1. The fraction of sp³-hybridized carbons (Fsp3) is 0.639. The van der Waals surface area contributed by atoms with Crippen LogP contribution in [-0.4, -0.2) is 96.5 Å². The van der Waals surface area contributed by atoms with E-state index in [9.17, 15) is 19.5 Å². The van der Waals surface area contributed by atoms with Crippen molar-refractivity contribution in [3.8, 4) is 0 Å². The van der Waals surface area contributed by atoms with Gasteiger partial charge >= 0.3 is 12.1 Å². The van der Waals surface area contributed by atoms with Crippen molar-refractivity contribution in [1.82, 2.24) is 10.2 Å². The van der Waals surface area contributed by atoms with Crippen molar-refractivity contribution < 1.29 is 38.4 Å². The number of fused-ring (bicyclic) bond motifs is 5. The number of nitrogens with one attached hydrogen (secondary N) is 1. The quantitative estimate of drug-likeness (QED) is 0.328. The lowest BCUT2D eigenvalue weighted by molar-refractivity contribution is -0.160. The van der Waals surface area contributed by atoms with Gasteiger partial charge in [-0.25, -0.2) is 4.79 Å². The molecule has 3 aliphatic heterocycles. The number of alkyl carbamates (subject to hydrolysis) is 1. The summed E-state index contributed by atoms with van der Waals surface area (Å²) < 4.78 is 23.8. The Morgan fingerprint density at radius 2 is 1.92 bits per heavy atom. The maximum Gasteiger partial charge on any atom is 0.409 e. The number of aryl methyl sites for hydroxylation is 1. The topological polar surface area (TPSA) is 130 Å². The van der Waals surface area contributed by atoms with Crippen LogP contribution in [0.5, 0.6) is 0 Å². The van der Waals surface area contributed by atoms with Gasteiger partial charge in [-0.2, -0.15) is 0 Å². The molecule has 2 N–H and O–H groups in total. The number of ether oxygens (including phenoxy) is 4. The summed E-state index contributed by atoms with van der Waals surface area (Å²) in [7, 11) is 4.97. The van der Waals surface area contributed by atoms with E-state index in [-0.39, 0.29) is 24.3 Å². The molecule has 1 aromatic rings. The van der Waals surface area contributed by atoms with Crippen LogP contribution in [0, 0.1) is 12.8 Å². The van der Waals surface area contributed by atoms with Gasteiger partial charge in [0, 0.05) is 32.0 Å². The predicted molar refractivity (Wildman–Crippen MR) is 184 cm³/mol. The van der Waals surface area contributed by atoms with Crippen molar-refractivity contribution in [2.45, 2.75) is 122 Å². The van der Waals surface area contributed by atoms with Crippen molar-refractivity contribution in [3.05, 3.63) is 52.1 Å². The van der Waals surface area contributed by atoms with Crippen LogP contribution in [0.3, 0.4) is 0 Å². The molecule has 0 spiro atoms. The summed E-state index contributed by atoms with van der Waals surface area (Å²) in [4.78, 5) is 43.9. The highest BCUT2D eigenvalue weighted by molar-refractivity contribution is 6.34. The van der Waals surface area contributed by atoms with Gasteiger partial charge < -0.3 is 29.0 Å². The van der Waals surface area contributed by atoms with Crippen LogP contribution < -0.4 is 10.2 Å². The number of nitrogens with zero attached hydrogens (tertiary/aromatic N) is 2. The number of carbonyl (C=O) groups is 3. The number of allylic oxidation sites excluding steroid dienone is 3. The van der Waals surface area contributed by atoms with Gasteiger partial charge in [0.05, 0.1) is 23.2 Å². The van der Waals surface area contributed by atoms with Crippen LogP contribution >= 0.6 is 11.6 Å². The highest BCUT2D eigenvalue weighted by atomic mass is 35.5. The minimum absolute atomic E-state index is 0.00450. The second-order valence-corrected chi connectivity index (χ2v) is 15.2. The molecule has 0 aliphatic carbocycles. The van der Waals surface area contributed by atoms with Gasteiger partial charge in [0.15, 0.2) is 5.72 Å². The van der Waals surface area contributed by atoms with E-state index in [1.165, 1.54) is 12.0 Å². The van der Waals surface area contributed by atoms with Gasteiger partial charge in [-0.05, 0) is 79.1 Å². The second kappa shape index (κ2) is 14.1. The summed E-state index contributed by atoms with van der Waals surface area (Å²) in [6.07, 6.45) is 1.77. The Kier molecular flexibility index (Phi) is 11.1. The van der Waals surface area contributed by atoms with Crippen molar-refractivity contribution in [1.29, 1.82) is 0 Å². The molecule has 0 saturated carbocycles. The fourth-order valence-corrected chi connectivity index (χ4v) is 6.86. The van der Waals surface area contributed by atoms with Gasteiger partial charge in [-0.1, -0.05) is 48.4 Å². The molecule has 1 unspecified atom stereocenters. The summed E-state index contributed by atoms with van der Waals surface area (Å²) in [6, 6.07) is 3.26. The highest BCUT2D eigenvalue weighted by Crippen LogP contribution is 2.49. The zero-order valence-electron chi connectivity index (χ0n) is 30.0. The van der Waals surface area contributed by atoms with E-state index in [4.69, 9.17) is 30.5 Å². The van der Waals surface area contributed by atoms with Gasteiger partial charge in [0.1, 0.15) is 30.0 Å². The third-order valence-electron chi connectivity index (χ3n) is 10.2. The van der Waals surface area contributed by atoms with E-state index in [0.717, 1.165) is 16.7 Å².